The Labute approximate surface area is 74.7 Å². The molecule has 0 spiro atoms. The van der Waals surface area contributed by atoms with Crippen LogP contribution in [0.15, 0.2) is 0 Å². The summed E-state index contributed by atoms with van der Waals surface area (Å²) in [6.07, 6.45) is 0. The molecule has 12 heavy (non-hydrogen) atoms. The van der Waals surface area contributed by atoms with Crippen molar-refractivity contribution in [2.75, 3.05) is 13.2 Å². The van der Waals surface area contributed by atoms with E-state index in [1.54, 1.807) is 0 Å². The van der Waals surface area contributed by atoms with Gasteiger partial charge in [0, 0.05) is 12.0 Å². The number of rotatable bonds is 4. The highest BCUT2D eigenvalue weighted by Crippen LogP contribution is 2.25. The minimum absolute atomic E-state index is 0.0799. The van der Waals surface area contributed by atoms with Gasteiger partial charge in [0.15, 0.2) is 0 Å². The monoisotopic (exact) mass is 172 g/mol. The maximum atomic E-state index is 8.56. The van der Waals surface area contributed by atoms with Gasteiger partial charge in [-0.15, -0.1) is 0 Å². The fraction of sp³-hybridized carbons (Fsp3) is 0.889. The van der Waals surface area contributed by atoms with Gasteiger partial charge in [-0.3, -0.25) is 5.41 Å². The lowest BCUT2D eigenvalue weighted by atomic mass is 9.80. The molecule has 0 saturated heterocycles. The fourth-order valence-corrected chi connectivity index (χ4v) is 0.697. The van der Waals surface area contributed by atoms with Crippen LogP contribution in [0, 0.1) is 16.7 Å². The number of hydrogen-bond donors (Lipinski definition) is 3. The van der Waals surface area contributed by atoms with Crippen LogP contribution in [0.3, 0.4) is 0 Å². The molecule has 0 saturated carbocycles. The van der Waals surface area contributed by atoms with Crippen molar-refractivity contribution in [3.8, 4) is 0 Å². The van der Waals surface area contributed by atoms with Crippen LogP contribution in [0.2, 0.25) is 0 Å². The van der Waals surface area contributed by atoms with Crippen LogP contribution in [0.1, 0.15) is 27.7 Å². The summed E-state index contributed by atoms with van der Waals surface area (Å²) in [6.45, 7) is 8.80. The van der Waals surface area contributed by atoms with Gasteiger partial charge in [-0.25, -0.2) is 0 Å². The second-order valence-corrected chi connectivity index (χ2v) is 3.90. The van der Waals surface area contributed by atoms with Gasteiger partial charge >= 0.3 is 0 Å². The first-order valence-corrected chi connectivity index (χ1v) is 4.36. The third-order valence-corrected chi connectivity index (χ3v) is 2.50. The second kappa shape index (κ2) is 4.45. The lowest BCUT2D eigenvalue weighted by Gasteiger charge is -2.30. The molecule has 3 nitrogen and oxygen atoms in total. The van der Waals surface area contributed by atoms with Crippen molar-refractivity contribution < 1.29 is 5.11 Å². The lowest BCUT2D eigenvalue weighted by molar-refractivity contribution is 0.294. The minimum atomic E-state index is -0.130. The summed E-state index contributed by atoms with van der Waals surface area (Å²) < 4.78 is 0. The molecule has 0 bridgehead atoms. The molecule has 0 heterocycles. The maximum absolute atomic E-state index is 8.56. The molecule has 0 aliphatic carbocycles. The first-order chi connectivity index (χ1) is 5.42. The first kappa shape index (κ1) is 11.4. The number of hydrogen-bond acceptors (Lipinski definition) is 2. The zero-order valence-electron chi connectivity index (χ0n) is 8.44. The largest absolute Gasteiger partial charge is 0.395 e. The van der Waals surface area contributed by atoms with E-state index in [-0.39, 0.29) is 12.0 Å². The molecular formula is C9H20N2O. The Kier molecular flexibility index (Phi) is 4.24. The van der Waals surface area contributed by atoms with Gasteiger partial charge in [0.1, 0.15) is 0 Å². The topological polar surface area (TPSA) is 56.1 Å². The van der Waals surface area contributed by atoms with E-state index in [0.717, 1.165) is 0 Å². The number of nitrogens with one attached hydrogen (secondary N) is 2. The number of aliphatic hydroxyl groups is 1. The molecule has 0 fully saturated rings. The van der Waals surface area contributed by atoms with Crippen LogP contribution in [0.25, 0.3) is 0 Å². The summed E-state index contributed by atoms with van der Waals surface area (Å²) in [5, 5.41) is 19.2. The standard InChI is InChI=1S/C9H20N2O/c1-7(2)9(3,4)8(10)11-5-6-12/h7,12H,5-6H2,1-4H3,(H2,10,11). The Morgan fingerprint density at radius 2 is 2.00 bits per heavy atom. The molecule has 0 amide bonds. The molecule has 72 valence electrons. The second-order valence-electron chi connectivity index (χ2n) is 3.90. The first-order valence-electron chi connectivity index (χ1n) is 4.36. The molecule has 0 aromatic rings. The summed E-state index contributed by atoms with van der Waals surface area (Å²) in [4.78, 5) is 0. The maximum Gasteiger partial charge on any atom is 0.0992 e. The summed E-state index contributed by atoms with van der Waals surface area (Å²) in [5.41, 5.74) is -0.130. The third kappa shape index (κ3) is 2.81. The van der Waals surface area contributed by atoms with Crippen molar-refractivity contribution in [2.24, 2.45) is 11.3 Å². The van der Waals surface area contributed by atoms with E-state index in [1.807, 2.05) is 13.8 Å². The van der Waals surface area contributed by atoms with E-state index in [9.17, 15) is 0 Å². The van der Waals surface area contributed by atoms with Crippen LogP contribution in [-0.4, -0.2) is 24.1 Å². The third-order valence-electron chi connectivity index (χ3n) is 2.50. The van der Waals surface area contributed by atoms with Gasteiger partial charge in [-0.05, 0) is 5.92 Å². The van der Waals surface area contributed by atoms with E-state index in [4.69, 9.17) is 10.5 Å². The molecule has 0 rings (SSSR count). The minimum Gasteiger partial charge on any atom is -0.395 e. The molecule has 0 aromatic heterocycles. The van der Waals surface area contributed by atoms with Crippen molar-refractivity contribution in [3.05, 3.63) is 0 Å². The fourth-order valence-electron chi connectivity index (χ4n) is 0.697. The molecule has 0 atom stereocenters. The van der Waals surface area contributed by atoms with E-state index >= 15 is 0 Å². The Bertz CT molecular complexity index is 153. The van der Waals surface area contributed by atoms with Crippen LogP contribution in [-0.2, 0) is 0 Å². The van der Waals surface area contributed by atoms with Crippen molar-refractivity contribution in [1.82, 2.24) is 5.32 Å². The number of aliphatic hydroxyl groups excluding tert-OH is 1. The van der Waals surface area contributed by atoms with Gasteiger partial charge in [0.05, 0.1) is 12.4 Å². The Morgan fingerprint density at radius 1 is 1.50 bits per heavy atom. The van der Waals surface area contributed by atoms with E-state index in [2.05, 4.69) is 19.2 Å². The highest BCUT2D eigenvalue weighted by Gasteiger charge is 2.27. The average Bonchev–Trinajstić information content (AvgIpc) is 1.99. The predicted molar refractivity (Wildman–Crippen MR) is 51.4 cm³/mol. The summed E-state index contributed by atoms with van der Waals surface area (Å²) >= 11 is 0. The van der Waals surface area contributed by atoms with Crippen molar-refractivity contribution in [1.29, 1.82) is 5.41 Å². The average molecular weight is 172 g/mol. The smallest absolute Gasteiger partial charge is 0.0992 e. The lowest BCUT2D eigenvalue weighted by Crippen LogP contribution is -2.40. The molecule has 3 heteroatoms. The van der Waals surface area contributed by atoms with E-state index < -0.39 is 0 Å². The SMILES string of the molecule is CC(C)C(C)(C)C(=N)NCCO. The van der Waals surface area contributed by atoms with Gasteiger partial charge in [-0.2, -0.15) is 0 Å². The molecule has 0 radical (unpaired) electrons. The Balaban J connectivity index is 4.07. The van der Waals surface area contributed by atoms with Gasteiger partial charge in [-0.1, -0.05) is 27.7 Å². The normalized spacial score (nSPS) is 11.8. The molecule has 0 unspecified atom stereocenters. The predicted octanol–water partition coefficient (Wildman–Crippen LogP) is 1.23. The molecular weight excluding hydrogens is 152 g/mol. The molecule has 0 aliphatic heterocycles. The zero-order chi connectivity index (χ0) is 9.78. The Morgan fingerprint density at radius 3 is 2.33 bits per heavy atom. The molecule has 0 aromatic carbocycles. The van der Waals surface area contributed by atoms with E-state index in [0.29, 0.717) is 18.3 Å². The molecule has 3 N–H and O–H groups in total. The summed E-state index contributed by atoms with van der Waals surface area (Å²) in [7, 11) is 0. The van der Waals surface area contributed by atoms with Crippen LogP contribution < -0.4 is 5.32 Å². The van der Waals surface area contributed by atoms with E-state index in [1.165, 1.54) is 0 Å². The molecule has 0 aliphatic rings. The van der Waals surface area contributed by atoms with Crippen molar-refractivity contribution >= 4 is 5.84 Å². The van der Waals surface area contributed by atoms with Crippen molar-refractivity contribution in [3.63, 3.8) is 0 Å². The van der Waals surface area contributed by atoms with Crippen molar-refractivity contribution in [2.45, 2.75) is 27.7 Å². The van der Waals surface area contributed by atoms with Crippen LogP contribution in [0.5, 0.6) is 0 Å². The highest BCUT2D eigenvalue weighted by molar-refractivity contribution is 5.84. The van der Waals surface area contributed by atoms with Gasteiger partial charge in [0.25, 0.3) is 0 Å². The van der Waals surface area contributed by atoms with Gasteiger partial charge in [0.2, 0.25) is 0 Å². The van der Waals surface area contributed by atoms with Gasteiger partial charge < -0.3 is 10.4 Å². The highest BCUT2D eigenvalue weighted by atomic mass is 16.3. The summed E-state index contributed by atoms with van der Waals surface area (Å²) in [5.74, 6) is 0.933. The van der Waals surface area contributed by atoms with Crippen LogP contribution in [0.4, 0.5) is 0 Å². The summed E-state index contributed by atoms with van der Waals surface area (Å²) in [6, 6.07) is 0. The zero-order valence-corrected chi connectivity index (χ0v) is 8.44. The van der Waals surface area contributed by atoms with Crippen LogP contribution >= 0.6 is 0 Å². The quantitative estimate of drug-likeness (QED) is 0.441. The number of amidine groups is 1. The Hall–Kier alpha value is -0.570.